The highest BCUT2D eigenvalue weighted by atomic mass is 19.4. The third-order valence-corrected chi connectivity index (χ3v) is 3.56. The molecule has 0 radical (unpaired) electrons. The summed E-state index contributed by atoms with van der Waals surface area (Å²) in [6.45, 7) is 0. The lowest BCUT2D eigenvalue weighted by Crippen LogP contribution is -2.05. The zero-order valence-electron chi connectivity index (χ0n) is 12.5. The molecule has 0 saturated heterocycles. The van der Waals surface area contributed by atoms with Crippen LogP contribution in [-0.2, 0) is 6.18 Å². The van der Waals surface area contributed by atoms with Crippen molar-refractivity contribution in [3.8, 4) is 16.9 Å². The number of benzene rings is 3. The first-order valence-corrected chi connectivity index (χ1v) is 7.25. The number of aromatic hydroxyl groups is 1. The van der Waals surface area contributed by atoms with Gasteiger partial charge in [-0.1, -0.05) is 30.3 Å². The highest BCUT2D eigenvalue weighted by Gasteiger charge is 2.30. The van der Waals surface area contributed by atoms with Crippen LogP contribution in [0.4, 0.5) is 24.5 Å². The van der Waals surface area contributed by atoms with Crippen molar-refractivity contribution in [1.29, 1.82) is 0 Å². The number of rotatable bonds is 3. The second kappa shape index (κ2) is 6.28. The number of alkyl halides is 3. The van der Waals surface area contributed by atoms with Crippen molar-refractivity contribution in [2.75, 3.05) is 5.32 Å². The largest absolute Gasteiger partial charge is 0.508 e. The monoisotopic (exact) mass is 329 g/mol. The summed E-state index contributed by atoms with van der Waals surface area (Å²) in [6.07, 6.45) is -4.36. The number of halogens is 3. The summed E-state index contributed by atoms with van der Waals surface area (Å²) in [7, 11) is 0. The van der Waals surface area contributed by atoms with Gasteiger partial charge in [-0.25, -0.2) is 0 Å². The van der Waals surface area contributed by atoms with Gasteiger partial charge in [-0.2, -0.15) is 13.2 Å². The highest BCUT2D eigenvalue weighted by Crippen LogP contribution is 2.31. The SMILES string of the molecule is Oc1ccc(-c2ccc(Nc3cccc(C(F)(F)F)c3)cc2)cc1. The fourth-order valence-corrected chi connectivity index (χ4v) is 2.34. The molecule has 3 aromatic carbocycles. The Kier molecular flexibility index (Phi) is 4.16. The summed E-state index contributed by atoms with van der Waals surface area (Å²) >= 11 is 0. The molecule has 24 heavy (non-hydrogen) atoms. The maximum absolute atomic E-state index is 12.7. The molecule has 0 aromatic heterocycles. The molecule has 0 aliphatic heterocycles. The van der Waals surface area contributed by atoms with Gasteiger partial charge in [0.2, 0.25) is 0 Å². The molecule has 2 N–H and O–H groups in total. The van der Waals surface area contributed by atoms with Gasteiger partial charge in [0.05, 0.1) is 5.56 Å². The Morgan fingerprint density at radius 3 is 1.88 bits per heavy atom. The molecule has 2 nitrogen and oxygen atoms in total. The molecule has 3 aromatic rings. The number of phenols is 1. The number of anilines is 2. The minimum atomic E-state index is -4.36. The molecular formula is C19H14F3NO. The minimum Gasteiger partial charge on any atom is -0.508 e. The van der Waals surface area contributed by atoms with Crippen molar-refractivity contribution in [3.05, 3.63) is 78.4 Å². The smallest absolute Gasteiger partial charge is 0.416 e. The highest BCUT2D eigenvalue weighted by molar-refractivity contribution is 5.69. The fraction of sp³-hybridized carbons (Fsp3) is 0.0526. The van der Waals surface area contributed by atoms with Crippen LogP contribution in [0.3, 0.4) is 0 Å². The number of hydrogen-bond donors (Lipinski definition) is 2. The zero-order chi connectivity index (χ0) is 17.2. The summed E-state index contributed by atoms with van der Waals surface area (Å²) in [5.74, 6) is 0.196. The molecular weight excluding hydrogens is 315 g/mol. The van der Waals surface area contributed by atoms with E-state index in [1.165, 1.54) is 6.07 Å². The van der Waals surface area contributed by atoms with Crippen LogP contribution in [0, 0.1) is 0 Å². The van der Waals surface area contributed by atoms with Crippen molar-refractivity contribution >= 4 is 11.4 Å². The fourth-order valence-electron chi connectivity index (χ4n) is 2.34. The lowest BCUT2D eigenvalue weighted by molar-refractivity contribution is -0.137. The van der Waals surface area contributed by atoms with Gasteiger partial charge >= 0.3 is 6.18 Å². The van der Waals surface area contributed by atoms with E-state index in [2.05, 4.69) is 5.32 Å². The van der Waals surface area contributed by atoms with Gasteiger partial charge in [-0.3, -0.25) is 0 Å². The predicted octanol–water partition coefficient (Wildman–Crippen LogP) is 5.82. The van der Waals surface area contributed by atoms with E-state index in [0.29, 0.717) is 11.4 Å². The Labute approximate surface area is 137 Å². The molecule has 0 atom stereocenters. The van der Waals surface area contributed by atoms with Gasteiger partial charge in [0.15, 0.2) is 0 Å². The van der Waals surface area contributed by atoms with E-state index < -0.39 is 11.7 Å². The average Bonchev–Trinajstić information content (AvgIpc) is 2.56. The topological polar surface area (TPSA) is 32.3 Å². The maximum atomic E-state index is 12.7. The predicted molar refractivity (Wildman–Crippen MR) is 88.3 cm³/mol. The molecule has 0 fully saturated rings. The van der Waals surface area contributed by atoms with Gasteiger partial charge in [0, 0.05) is 11.4 Å². The van der Waals surface area contributed by atoms with E-state index in [-0.39, 0.29) is 5.75 Å². The quantitative estimate of drug-likeness (QED) is 0.634. The Hall–Kier alpha value is -2.95. The number of phenolic OH excluding ortho intramolecular Hbond substituents is 1. The van der Waals surface area contributed by atoms with Gasteiger partial charge in [0.25, 0.3) is 0 Å². The van der Waals surface area contributed by atoms with Crippen LogP contribution in [0.1, 0.15) is 5.56 Å². The summed E-state index contributed by atoms with van der Waals surface area (Å²) in [6, 6.07) is 19.2. The third kappa shape index (κ3) is 3.68. The molecule has 0 amide bonds. The molecule has 0 heterocycles. The first-order valence-electron chi connectivity index (χ1n) is 7.25. The molecule has 122 valence electrons. The van der Waals surface area contributed by atoms with Gasteiger partial charge in [0.1, 0.15) is 5.75 Å². The summed E-state index contributed by atoms with van der Waals surface area (Å²) in [5, 5.41) is 12.3. The van der Waals surface area contributed by atoms with Crippen LogP contribution in [0.5, 0.6) is 5.75 Å². The van der Waals surface area contributed by atoms with Crippen LogP contribution >= 0.6 is 0 Å². The second-order valence-electron chi connectivity index (χ2n) is 5.33. The van der Waals surface area contributed by atoms with Gasteiger partial charge in [-0.05, 0) is 53.6 Å². The van der Waals surface area contributed by atoms with Crippen LogP contribution in [0.25, 0.3) is 11.1 Å². The second-order valence-corrected chi connectivity index (χ2v) is 5.33. The zero-order valence-corrected chi connectivity index (χ0v) is 12.5. The molecule has 3 rings (SSSR count). The number of nitrogens with one attached hydrogen (secondary N) is 1. The molecule has 0 bridgehead atoms. The van der Waals surface area contributed by atoms with Crippen molar-refractivity contribution < 1.29 is 18.3 Å². The van der Waals surface area contributed by atoms with E-state index >= 15 is 0 Å². The van der Waals surface area contributed by atoms with E-state index in [0.717, 1.165) is 23.3 Å². The minimum absolute atomic E-state index is 0.196. The first-order chi connectivity index (χ1) is 11.4. The van der Waals surface area contributed by atoms with Gasteiger partial charge < -0.3 is 10.4 Å². The molecule has 0 aliphatic rings. The lowest BCUT2D eigenvalue weighted by Gasteiger charge is -2.11. The summed E-state index contributed by atoms with van der Waals surface area (Å²) < 4.78 is 38.2. The Balaban J connectivity index is 1.78. The van der Waals surface area contributed by atoms with E-state index in [9.17, 15) is 18.3 Å². The first kappa shape index (κ1) is 15.9. The molecule has 0 aliphatic carbocycles. The molecule has 0 unspecified atom stereocenters. The van der Waals surface area contributed by atoms with Crippen molar-refractivity contribution in [1.82, 2.24) is 0 Å². The Morgan fingerprint density at radius 2 is 1.29 bits per heavy atom. The lowest BCUT2D eigenvalue weighted by atomic mass is 10.1. The van der Waals surface area contributed by atoms with Crippen molar-refractivity contribution in [2.24, 2.45) is 0 Å². The summed E-state index contributed by atoms with van der Waals surface area (Å²) in [4.78, 5) is 0. The Bertz CT molecular complexity index is 824. The number of hydrogen-bond acceptors (Lipinski definition) is 2. The third-order valence-electron chi connectivity index (χ3n) is 3.56. The summed E-state index contributed by atoms with van der Waals surface area (Å²) in [5.41, 5.74) is 2.27. The van der Waals surface area contributed by atoms with E-state index in [1.807, 2.05) is 12.1 Å². The average molecular weight is 329 g/mol. The van der Waals surface area contributed by atoms with Crippen molar-refractivity contribution in [3.63, 3.8) is 0 Å². The van der Waals surface area contributed by atoms with Crippen LogP contribution in [0.2, 0.25) is 0 Å². The molecule has 5 heteroatoms. The van der Waals surface area contributed by atoms with Gasteiger partial charge in [-0.15, -0.1) is 0 Å². The normalized spacial score (nSPS) is 11.3. The van der Waals surface area contributed by atoms with Crippen molar-refractivity contribution in [2.45, 2.75) is 6.18 Å². The van der Waals surface area contributed by atoms with Crippen LogP contribution < -0.4 is 5.32 Å². The standard InChI is InChI=1S/C19H14F3NO/c20-19(21,22)15-2-1-3-17(12-15)23-16-8-4-13(5-9-16)14-6-10-18(24)11-7-14/h1-12,23-24H. The molecule has 0 saturated carbocycles. The van der Waals surface area contributed by atoms with Crippen LogP contribution in [-0.4, -0.2) is 5.11 Å². The Morgan fingerprint density at radius 1 is 0.708 bits per heavy atom. The van der Waals surface area contributed by atoms with E-state index in [1.54, 1.807) is 42.5 Å². The maximum Gasteiger partial charge on any atom is 0.416 e. The molecule has 0 spiro atoms. The van der Waals surface area contributed by atoms with Crippen LogP contribution in [0.15, 0.2) is 72.8 Å². The van der Waals surface area contributed by atoms with E-state index in [4.69, 9.17) is 0 Å².